The molecule has 5 heteroatoms. The summed E-state index contributed by atoms with van der Waals surface area (Å²) in [6.07, 6.45) is 5.51. The van der Waals surface area contributed by atoms with Gasteiger partial charge >= 0.3 is 0 Å². The highest BCUT2D eigenvalue weighted by molar-refractivity contribution is 6.14. The molecule has 9 rings (SSSR count). The van der Waals surface area contributed by atoms with Crippen molar-refractivity contribution >= 4 is 49.8 Å². The number of nitrogens with zero attached hydrogens (tertiary/aromatic N) is 3. The molecule has 3 heterocycles. The maximum absolute atomic E-state index is 6.57. The fraction of sp³-hybridized carbons (Fsp3) is 0. The zero-order chi connectivity index (χ0) is 32.0. The number of hydrogen-bond donors (Lipinski definition) is 0. The van der Waals surface area contributed by atoms with Gasteiger partial charge in [-0.1, -0.05) is 134 Å². The molecule has 0 aliphatic rings. The second-order valence-electron chi connectivity index (χ2n) is 11.6. The molecule has 0 saturated heterocycles. The smallest absolute Gasteiger partial charge is 0.168 e. The van der Waals surface area contributed by atoms with Gasteiger partial charge < -0.3 is 8.83 Å². The molecule has 0 N–H and O–H groups in total. The number of rotatable bonds is 6. The van der Waals surface area contributed by atoms with E-state index in [9.17, 15) is 0 Å². The van der Waals surface area contributed by atoms with Crippen LogP contribution in [-0.4, -0.2) is 15.0 Å². The fourth-order valence-electron chi connectivity index (χ4n) is 6.51. The van der Waals surface area contributed by atoms with E-state index < -0.39 is 0 Å². The van der Waals surface area contributed by atoms with Crippen molar-refractivity contribution in [3.8, 4) is 45.3 Å². The average molecular weight is 618 g/mol. The van der Waals surface area contributed by atoms with Gasteiger partial charge in [-0.3, -0.25) is 0 Å². The molecule has 0 atom stereocenters. The quantitative estimate of drug-likeness (QED) is 0.174. The van der Waals surface area contributed by atoms with Crippen LogP contribution in [-0.2, 0) is 0 Å². The van der Waals surface area contributed by atoms with E-state index in [-0.39, 0.29) is 0 Å². The number of fused-ring (bicyclic) bond motifs is 5. The van der Waals surface area contributed by atoms with Gasteiger partial charge in [0.25, 0.3) is 0 Å². The van der Waals surface area contributed by atoms with Gasteiger partial charge in [0.15, 0.2) is 17.5 Å². The van der Waals surface area contributed by atoms with E-state index in [2.05, 4.69) is 67.2 Å². The number of para-hydroxylation sites is 2. The van der Waals surface area contributed by atoms with Crippen molar-refractivity contribution in [1.29, 1.82) is 0 Å². The predicted molar refractivity (Wildman–Crippen MR) is 195 cm³/mol. The third-order valence-corrected chi connectivity index (χ3v) is 8.72. The molecule has 6 aromatic carbocycles. The molecular formula is C43H27N3O2. The van der Waals surface area contributed by atoms with Gasteiger partial charge in [0.1, 0.15) is 22.5 Å². The highest BCUT2D eigenvalue weighted by atomic mass is 16.3. The van der Waals surface area contributed by atoms with Gasteiger partial charge in [-0.2, -0.15) is 0 Å². The lowest BCUT2D eigenvalue weighted by Gasteiger charge is -2.10. The lowest BCUT2D eigenvalue weighted by atomic mass is 9.96. The summed E-state index contributed by atoms with van der Waals surface area (Å²) in [5.41, 5.74) is 6.87. The van der Waals surface area contributed by atoms with Gasteiger partial charge in [0, 0.05) is 32.8 Å². The summed E-state index contributed by atoms with van der Waals surface area (Å²) in [6, 6.07) is 45.1. The summed E-state index contributed by atoms with van der Waals surface area (Å²) < 4.78 is 13.1. The van der Waals surface area contributed by atoms with Gasteiger partial charge in [-0.15, -0.1) is 0 Å². The molecule has 5 nitrogen and oxygen atoms in total. The van der Waals surface area contributed by atoms with E-state index in [1.165, 1.54) is 0 Å². The third kappa shape index (κ3) is 4.60. The molecule has 0 bridgehead atoms. The second-order valence-corrected chi connectivity index (χ2v) is 11.6. The number of hydrogen-bond acceptors (Lipinski definition) is 5. The maximum Gasteiger partial charge on any atom is 0.168 e. The maximum atomic E-state index is 6.57. The van der Waals surface area contributed by atoms with E-state index in [0.29, 0.717) is 28.8 Å². The van der Waals surface area contributed by atoms with Gasteiger partial charge in [0.2, 0.25) is 0 Å². The standard InChI is InChI=1S/C43H27N3O2/c1-2-3-21-37-39(38-32(18-12-23-36(38)47-37)34-20-11-19-33-31-17-9-10-22-35(31)48-40(33)34)43-45-41(28-14-5-4-6-15-28)44-42(46-43)30-25-24-27-13-7-8-16-29(27)26-30/h2-26H,1H2/b21-3-. The SMILES string of the molecule is C=C/C=C\c1oc2cccc(-c3cccc4c3oc3ccccc34)c2c1-c1nc(-c2ccccc2)nc(-c2ccc3ccccc3c2)n1. The summed E-state index contributed by atoms with van der Waals surface area (Å²) in [5, 5.41) is 5.29. The van der Waals surface area contributed by atoms with Crippen LogP contribution in [0.1, 0.15) is 5.76 Å². The van der Waals surface area contributed by atoms with E-state index in [1.54, 1.807) is 6.08 Å². The zero-order valence-electron chi connectivity index (χ0n) is 25.8. The zero-order valence-corrected chi connectivity index (χ0v) is 25.8. The molecule has 0 unspecified atom stereocenters. The van der Waals surface area contributed by atoms with Crippen LogP contribution in [0.2, 0.25) is 0 Å². The molecule has 0 aliphatic carbocycles. The number of furan rings is 2. The van der Waals surface area contributed by atoms with E-state index in [0.717, 1.165) is 65.9 Å². The van der Waals surface area contributed by atoms with Crippen LogP contribution in [0.15, 0.2) is 161 Å². The van der Waals surface area contributed by atoms with Crippen LogP contribution in [0.4, 0.5) is 0 Å². The topological polar surface area (TPSA) is 65.0 Å². The van der Waals surface area contributed by atoms with Crippen molar-refractivity contribution in [1.82, 2.24) is 15.0 Å². The Morgan fingerprint density at radius 2 is 1.21 bits per heavy atom. The Hall–Kier alpha value is -6.59. The Morgan fingerprint density at radius 1 is 0.521 bits per heavy atom. The van der Waals surface area contributed by atoms with Crippen LogP contribution >= 0.6 is 0 Å². The first-order chi connectivity index (χ1) is 23.7. The Balaban J connectivity index is 1.35. The van der Waals surface area contributed by atoms with Crippen LogP contribution < -0.4 is 0 Å². The van der Waals surface area contributed by atoms with Crippen molar-refractivity contribution in [2.24, 2.45) is 0 Å². The van der Waals surface area contributed by atoms with Crippen LogP contribution in [0, 0.1) is 0 Å². The van der Waals surface area contributed by atoms with Crippen molar-refractivity contribution in [2.75, 3.05) is 0 Å². The van der Waals surface area contributed by atoms with Crippen LogP contribution in [0.3, 0.4) is 0 Å². The van der Waals surface area contributed by atoms with Crippen molar-refractivity contribution in [3.63, 3.8) is 0 Å². The van der Waals surface area contributed by atoms with Gasteiger partial charge in [-0.25, -0.2) is 15.0 Å². The Kier molecular flexibility index (Phi) is 6.54. The molecule has 226 valence electrons. The van der Waals surface area contributed by atoms with E-state index in [4.69, 9.17) is 23.8 Å². The first-order valence-electron chi connectivity index (χ1n) is 15.8. The number of allylic oxidation sites excluding steroid dienone is 2. The first-order valence-corrected chi connectivity index (χ1v) is 15.8. The average Bonchev–Trinajstić information content (AvgIpc) is 3.72. The van der Waals surface area contributed by atoms with E-state index >= 15 is 0 Å². The van der Waals surface area contributed by atoms with Crippen LogP contribution in [0.5, 0.6) is 0 Å². The fourth-order valence-corrected chi connectivity index (χ4v) is 6.51. The van der Waals surface area contributed by atoms with Crippen molar-refractivity contribution in [3.05, 3.63) is 158 Å². The van der Waals surface area contributed by atoms with Gasteiger partial charge in [-0.05, 0) is 40.6 Å². The number of benzene rings is 6. The molecule has 0 spiro atoms. The summed E-state index contributed by atoms with van der Waals surface area (Å²) in [4.78, 5) is 15.3. The minimum Gasteiger partial charge on any atom is -0.456 e. The highest BCUT2D eigenvalue weighted by Gasteiger charge is 2.24. The summed E-state index contributed by atoms with van der Waals surface area (Å²) in [5.74, 6) is 2.30. The summed E-state index contributed by atoms with van der Waals surface area (Å²) in [6.45, 7) is 3.90. The first kappa shape index (κ1) is 27.7. The van der Waals surface area contributed by atoms with E-state index in [1.807, 2.05) is 84.9 Å². The summed E-state index contributed by atoms with van der Waals surface area (Å²) >= 11 is 0. The second kappa shape index (κ2) is 11.3. The molecule has 3 aromatic heterocycles. The molecule has 0 radical (unpaired) electrons. The normalized spacial score (nSPS) is 11.8. The Labute approximate surface area is 276 Å². The minimum absolute atomic E-state index is 0.513. The lowest BCUT2D eigenvalue weighted by Crippen LogP contribution is -2.01. The molecule has 0 amide bonds. The molecule has 0 saturated carbocycles. The largest absolute Gasteiger partial charge is 0.456 e. The Bertz CT molecular complexity index is 2700. The van der Waals surface area contributed by atoms with Crippen molar-refractivity contribution in [2.45, 2.75) is 0 Å². The van der Waals surface area contributed by atoms with Gasteiger partial charge in [0.05, 0.1) is 5.56 Å². The van der Waals surface area contributed by atoms with Crippen molar-refractivity contribution < 1.29 is 8.83 Å². The lowest BCUT2D eigenvalue weighted by molar-refractivity contribution is 0.605. The molecule has 48 heavy (non-hydrogen) atoms. The predicted octanol–water partition coefficient (Wildman–Crippen LogP) is 11.5. The Morgan fingerprint density at radius 3 is 2.08 bits per heavy atom. The monoisotopic (exact) mass is 617 g/mol. The molecular weight excluding hydrogens is 590 g/mol. The third-order valence-electron chi connectivity index (χ3n) is 8.72. The van der Waals surface area contributed by atoms with Crippen LogP contribution in [0.25, 0.3) is 95.0 Å². The number of aromatic nitrogens is 3. The molecule has 0 fully saturated rings. The molecule has 9 aromatic rings. The minimum atomic E-state index is 0.513. The molecule has 0 aliphatic heterocycles. The summed E-state index contributed by atoms with van der Waals surface area (Å²) in [7, 11) is 0. The highest BCUT2D eigenvalue weighted by Crippen LogP contribution is 2.44.